The second-order valence-corrected chi connectivity index (χ2v) is 6.21. The maximum atomic E-state index is 12.9. The summed E-state index contributed by atoms with van der Waals surface area (Å²) in [5, 5.41) is 3.70. The second-order valence-electron chi connectivity index (χ2n) is 5.35. The molecule has 2 heterocycles. The van der Waals surface area contributed by atoms with E-state index in [-0.39, 0.29) is 11.6 Å². The molecule has 0 fully saturated rings. The molecule has 132 valence electrons. The maximum absolute atomic E-state index is 12.9. The van der Waals surface area contributed by atoms with Gasteiger partial charge in [0.2, 0.25) is 5.78 Å². The van der Waals surface area contributed by atoms with Gasteiger partial charge in [-0.2, -0.15) is 0 Å². The van der Waals surface area contributed by atoms with Crippen molar-refractivity contribution in [3.63, 3.8) is 0 Å². The zero-order chi connectivity index (χ0) is 18.4. The van der Waals surface area contributed by atoms with Crippen LogP contribution in [0.4, 0.5) is 0 Å². The van der Waals surface area contributed by atoms with E-state index in [2.05, 4.69) is 4.98 Å². The first-order chi connectivity index (χ1) is 12.1. The Kier molecular flexibility index (Phi) is 6.61. The third-order valence-electron chi connectivity index (χ3n) is 3.71. The molecule has 0 aromatic carbocycles. The van der Waals surface area contributed by atoms with Crippen LogP contribution in [0.5, 0.6) is 0 Å². The highest BCUT2D eigenvalue weighted by molar-refractivity contribution is 7.12. The smallest absolute Gasteiger partial charge is 0.223 e. The number of nitrogens with zero attached hydrogens (tertiary/aromatic N) is 2. The monoisotopic (exact) mass is 358 g/mol. The number of carbonyl (C=O) groups is 2. The molecule has 2 rings (SSSR count). The van der Waals surface area contributed by atoms with Crippen molar-refractivity contribution in [3.05, 3.63) is 50.6 Å². The number of methoxy groups -OCH3 is 1. The van der Waals surface area contributed by atoms with Crippen molar-refractivity contribution < 1.29 is 14.3 Å². The van der Waals surface area contributed by atoms with Crippen molar-refractivity contribution in [2.24, 2.45) is 0 Å². The van der Waals surface area contributed by atoms with Crippen molar-refractivity contribution in [2.45, 2.75) is 33.9 Å². The first-order valence-electron chi connectivity index (χ1n) is 8.08. The zero-order valence-corrected chi connectivity index (χ0v) is 15.7. The highest BCUT2D eigenvalue weighted by Crippen LogP contribution is 2.14. The van der Waals surface area contributed by atoms with Gasteiger partial charge >= 0.3 is 0 Å². The molecule has 0 aliphatic heterocycles. The summed E-state index contributed by atoms with van der Waals surface area (Å²) in [6, 6.07) is 0. The van der Waals surface area contributed by atoms with Gasteiger partial charge in [-0.05, 0) is 19.9 Å². The molecule has 0 saturated carbocycles. The summed E-state index contributed by atoms with van der Waals surface area (Å²) >= 11 is 1.20. The predicted octanol–water partition coefficient (Wildman–Crippen LogP) is 2.53. The summed E-state index contributed by atoms with van der Waals surface area (Å²) in [6.45, 7) is 5.95. The second kappa shape index (κ2) is 8.69. The fourth-order valence-electron chi connectivity index (χ4n) is 2.49. The summed E-state index contributed by atoms with van der Waals surface area (Å²) < 4.78 is 7.12. The molecule has 0 saturated heterocycles. The van der Waals surface area contributed by atoms with Crippen LogP contribution in [0.3, 0.4) is 0 Å². The lowest BCUT2D eigenvalue weighted by molar-refractivity contribution is 0.0984. The molecule has 0 unspecified atom stereocenters. The van der Waals surface area contributed by atoms with Gasteiger partial charge in [0.05, 0.1) is 10.9 Å². The van der Waals surface area contributed by atoms with Crippen LogP contribution in [0.25, 0.3) is 12.2 Å². The summed E-state index contributed by atoms with van der Waals surface area (Å²) in [6.07, 6.45) is 9.84. The first-order valence-corrected chi connectivity index (χ1v) is 8.96. The molecule has 0 radical (unpaired) electrons. The standard InChI is InChI=1S/C19H22N2O3S/c1-5-8-9-16-13(6-2)14(10-21(16)12-24-4)18(23)19-20-15(11-25-19)17(22)7-3/h5-6,8-11H,7,12H2,1-4H3/b8-5-,13-6-,16-9+. The van der Waals surface area contributed by atoms with Gasteiger partial charge in [0.1, 0.15) is 12.4 Å². The predicted molar refractivity (Wildman–Crippen MR) is 100 cm³/mol. The average molecular weight is 358 g/mol. The van der Waals surface area contributed by atoms with Crippen molar-refractivity contribution in [2.75, 3.05) is 7.11 Å². The van der Waals surface area contributed by atoms with E-state index in [0.29, 0.717) is 29.4 Å². The van der Waals surface area contributed by atoms with Gasteiger partial charge in [0.15, 0.2) is 10.8 Å². The fraction of sp³-hybridized carbons (Fsp3) is 0.316. The van der Waals surface area contributed by atoms with E-state index in [0.717, 1.165) is 10.6 Å². The van der Waals surface area contributed by atoms with Gasteiger partial charge in [-0.15, -0.1) is 11.3 Å². The number of hydrogen-bond donors (Lipinski definition) is 0. The van der Waals surface area contributed by atoms with E-state index < -0.39 is 0 Å². The van der Waals surface area contributed by atoms with Crippen LogP contribution in [-0.2, 0) is 11.5 Å². The van der Waals surface area contributed by atoms with E-state index in [1.807, 2.05) is 42.7 Å². The Morgan fingerprint density at radius 1 is 1.36 bits per heavy atom. The Labute approximate surface area is 151 Å². The summed E-state index contributed by atoms with van der Waals surface area (Å²) in [4.78, 5) is 28.9. The fourth-order valence-corrected chi connectivity index (χ4v) is 3.27. The molecular formula is C19H22N2O3S. The van der Waals surface area contributed by atoms with E-state index in [1.165, 1.54) is 11.3 Å². The van der Waals surface area contributed by atoms with Crippen LogP contribution >= 0.6 is 11.3 Å². The lowest BCUT2D eigenvalue weighted by Gasteiger charge is -2.00. The van der Waals surface area contributed by atoms with E-state index >= 15 is 0 Å². The summed E-state index contributed by atoms with van der Waals surface area (Å²) in [7, 11) is 1.61. The zero-order valence-electron chi connectivity index (χ0n) is 14.9. The van der Waals surface area contributed by atoms with Crippen molar-refractivity contribution in [1.29, 1.82) is 0 Å². The third kappa shape index (κ3) is 4.03. The Morgan fingerprint density at radius 3 is 2.72 bits per heavy atom. The van der Waals surface area contributed by atoms with Gasteiger partial charge < -0.3 is 9.30 Å². The summed E-state index contributed by atoms with van der Waals surface area (Å²) in [5.74, 6) is -0.241. The van der Waals surface area contributed by atoms with Gasteiger partial charge in [-0.1, -0.05) is 25.2 Å². The number of ketones is 2. The minimum atomic E-state index is -0.182. The number of Topliss-reactive ketones (excluding diaryl/α,β-unsaturated/α-hetero) is 1. The molecule has 0 aliphatic carbocycles. The minimum absolute atomic E-state index is 0.0587. The molecule has 0 amide bonds. The van der Waals surface area contributed by atoms with Crippen LogP contribution in [-0.4, -0.2) is 28.2 Å². The van der Waals surface area contributed by atoms with Crippen molar-refractivity contribution in [1.82, 2.24) is 9.55 Å². The van der Waals surface area contributed by atoms with E-state index in [9.17, 15) is 9.59 Å². The lowest BCUT2D eigenvalue weighted by Crippen LogP contribution is -2.31. The first kappa shape index (κ1) is 19.0. The molecular weight excluding hydrogens is 336 g/mol. The van der Waals surface area contributed by atoms with Crippen LogP contribution in [0.1, 0.15) is 53.0 Å². The topological polar surface area (TPSA) is 61.2 Å². The normalized spacial score (nSPS) is 13.1. The molecule has 25 heavy (non-hydrogen) atoms. The Bertz CT molecular complexity index is 919. The molecule has 0 spiro atoms. The Balaban J connectivity index is 2.57. The minimum Gasteiger partial charge on any atom is -0.364 e. The van der Waals surface area contributed by atoms with Crippen LogP contribution < -0.4 is 10.6 Å². The molecule has 6 heteroatoms. The van der Waals surface area contributed by atoms with Gasteiger partial charge in [-0.3, -0.25) is 9.59 Å². The van der Waals surface area contributed by atoms with E-state index in [1.54, 1.807) is 25.6 Å². The number of thiazole rings is 1. The Hall–Kier alpha value is -2.31. The lowest BCUT2D eigenvalue weighted by atomic mass is 10.1. The molecule has 0 atom stereocenters. The van der Waals surface area contributed by atoms with Gasteiger partial charge in [0, 0.05) is 30.3 Å². The third-order valence-corrected chi connectivity index (χ3v) is 4.55. The Morgan fingerprint density at radius 2 is 2.12 bits per heavy atom. The summed E-state index contributed by atoms with van der Waals surface area (Å²) in [5.41, 5.74) is 0.912. The number of allylic oxidation sites excluding steroid dienone is 2. The molecule has 2 aromatic heterocycles. The number of carbonyl (C=O) groups excluding carboxylic acids is 2. The molecule has 0 bridgehead atoms. The van der Waals surface area contributed by atoms with Crippen molar-refractivity contribution >= 4 is 35.1 Å². The SMILES string of the molecule is C\C=C/C=c1\c(=C/C)c(C(=O)c2nc(C(=O)CC)cs2)cn1COC. The van der Waals surface area contributed by atoms with Crippen LogP contribution in [0.15, 0.2) is 23.7 Å². The largest absolute Gasteiger partial charge is 0.364 e. The molecule has 2 aromatic rings. The number of ether oxygens (including phenoxy) is 1. The van der Waals surface area contributed by atoms with E-state index in [4.69, 9.17) is 4.74 Å². The molecule has 0 N–H and O–H groups in total. The number of hydrogen-bond acceptors (Lipinski definition) is 5. The van der Waals surface area contributed by atoms with Crippen LogP contribution in [0, 0.1) is 0 Å². The highest BCUT2D eigenvalue weighted by Gasteiger charge is 2.19. The molecule has 5 nitrogen and oxygen atoms in total. The average Bonchev–Trinajstić information content (AvgIpc) is 3.24. The number of rotatable bonds is 7. The number of aromatic nitrogens is 2. The van der Waals surface area contributed by atoms with Gasteiger partial charge in [-0.25, -0.2) is 4.98 Å². The van der Waals surface area contributed by atoms with Crippen molar-refractivity contribution in [3.8, 4) is 0 Å². The van der Waals surface area contributed by atoms with Crippen LogP contribution in [0.2, 0.25) is 0 Å². The highest BCUT2D eigenvalue weighted by atomic mass is 32.1. The molecule has 0 aliphatic rings. The maximum Gasteiger partial charge on any atom is 0.223 e. The quantitative estimate of drug-likeness (QED) is 0.714. The van der Waals surface area contributed by atoms with Gasteiger partial charge in [0.25, 0.3) is 0 Å².